The van der Waals surface area contributed by atoms with Crippen molar-refractivity contribution in [3.8, 4) is 10.6 Å². The maximum Gasteiger partial charge on any atom is 0.228 e. The first kappa shape index (κ1) is 16.9. The molecule has 0 aliphatic carbocycles. The van der Waals surface area contributed by atoms with Gasteiger partial charge in [0.2, 0.25) is 5.91 Å². The Hall–Kier alpha value is -1.98. The van der Waals surface area contributed by atoms with Gasteiger partial charge in [-0.25, -0.2) is 4.98 Å². The van der Waals surface area contributed by atoms with Crippen LogP contribution in [0.15, 0.2) is 64.5 Å². The Morgan fingerprint density at radius 2 is 1.83 bits per heavy atom. The number of nitrogens with zero attached hydrogens (tertiary/aromatic N) is 2. The van der Waals surface area contributed by atoms with E-state index in [1.165, 1.54) is 0 Å². The van der Waals surface area contributed by atoms with E-state index in [0.29, 0.717) is 13.0 Å². The minimum atomic E-state index is 0.0721. The predicted octanol–water partition coefficient (Wildman–Crippen LogP) is 4.77. The Morgan fingerprint density at radius 3 is 2.54 bits per heavy atom. The molecule has 0 saturated heterocycles. The van der Waals surface area contributed by atoms with Gasteiger partial charge in [0, 0.05) is 29.0 Å². The van der Waals surface area contributed by atoms with E-state index < -0.39 is 0 Å². The normalized spacial score (nSPS) is 10.6. The van der Waals surface area contributed by atoms with Crippen molar-refractivity contribution >= 4 is 33.2 Å². The van der Waals surface area contributed by atoms with E-state index in [0.717, 1.165) is 26.3 Å². The predicted molar refractivity (Wildman–Crippen MR) is 102 cm³/mol. The van der Waals surface area contributed by atoms with E-state index in [1.54, 1.807) is 16.2 Å². The third-order valence-electron chi connectivity index (χ3n) is 3.66. The second kappa shape index (κ2) is 7.73. The van der Waals surface area contributed by atoms with Gasteiger partial charge in [0.25, 0.3) is 0 Å². The van der Waals surface area contributed by atoms with Crippen LogP contribution < -0.4 is 0 Å². The molecule has 3 rings (SSSR count). The summed E-state index contributed by atoms with van der Waals surface area (Å²) >= 11 is 4.99. The van der Waals surface area contributed by atoms with Crippen LogP contribution in [-0.2, 0) is 17.8 Å². The number of amides is 1. The molecule has 0 unspecified atom stereocenters. The molecular weight excluding hydrogens is 384 g/mol. The van der Waals surface area contributed by atoms with Crippen LogP contribution in [0.2, 0.25) is 0 Å². The smallest absolute Gasteiger partial charge is 0.228 e. The summed E-state index contributed by atoms with van der Waals surface area (Å²) in [5, 5.41) is 2.92. The first-order valence-electron chi connectivity index (χ1n) is 7.60. The first-order valence-corrected chi connectivity index (χ1v) is 9.27. The van der Waals surface area contributed by atoms with Gasteiger partial charge in [-0.05, 0) is 17.7 Å². The Kier molecular flexibility index (Phi) is 5.43. The number of likely N-dealkylation sites (N-methyl/N-ethyl adjacent to an activating group) is 1. The molecule has 1 amide bonds. The monoisotopic (exact) mass is 400 g/mol. The summed E-state index contributed by atoms with van der Waals surface area (Å²) in [7, 11) is 1.83. The van der Waals surface area contributed by atoms with E-state index in [1.807, 2.05) is 67.0 Å². The Balaban J connectivity index is 1.62. The van der Waals surface area contributed by atoms with Crippen molar-refractivity contribution in [1.82, 2.24) is 9.88 Å². The van der Waals surface area contributed by atoms with Crippen molar-refractivity contribution in [3.63, 3.8) is 0 Å². The summed E-state index contributed by atoms with van der Waals surface area (Å²) in [6.07, 6.45) is 0.330. The second-order valence-corrected chi connectivity index (χ2v) is 7.34. The van der Waals surface area contributed by atoms with Gasteiger partial charge >= 0.3 is 0 Å². The molecule has 0 spiro atoms. The molecule has 24 heavy (non-hydrogen) atoms. The minimum Gasteiger partial charge on any atom is -0.341 e. The first-order chi connectivity index (χ1) is 11.6. The van der Waals surface area contributed by atoms with Crippen LogP contribution in [0.4, 0.5) is 0 Å². The number of aromatic nitrogens is 1. The highest BCUT2D eigenvalue weighted by Gasteiger charge is 2.13. The summed E-state index contributed by atoms with van der Waals surface area (Å²) in [6, 6.07) is 18.0. The number of thiazole rings is 1. The van der Waals surface area contributed by atoms with Crippen LogP contribution in [0.1, 0.15) is 11.3 Å². The molecular formula is C19H17BrN2OS. The van der Waals surface area contributed by atoms with Gasteiger partial charge in [0.1, 0.15) is 5.01 Å². The standard InChI is InChI=1S/C19H17BrN2OS/c1-22(12-14-7-9-16(20)10-8-14)18(23)11-17-13-24-19(21-17)15-5-3-2-4-6-15/h2-10,13H,11-12H2,1H3. The highest BCUT2D eigenvalue weighted by atomic mass is 79.9. The molecule has 0 fully saturated rings. The van der Waals surface area contributed by atoms with E-state index in [9.17, 15) is 4.79 Å². The topological polar surface area (TPSA) is 33.2 Å². The second-order valence-electron chi connectivity index (χ2n) is 5.56. The van der Waals surface area contributed by atoms with Crippen molar-refractivity contribution in [2.45, 2.75) is 13.0 Å². The van der Waals surface area contributed by atoms with Crippen LogP contribution in [0.3, 0.4) is 0 Å². The fourth-order valence-electron chi connectivity index (χ4n) is 2.34. The quantitative estimate of drug-likeness (QED) is 0.617. The van der Waals surface area contributed by atoms with Crippen LogP contribution in [0.25, 0.3) is 10.6 Å². The highest BCUT2D eigenvalue weighted by Crippen LogP contribution is 2.23. The fourth-order valence-corrected chi connectivity index (χ4v) is 3.43. The lowest BCUT2D eigenvalue weighted by atomic mass is 10.2. The van der Waals surface area contributed by atoms with Crippen molar-refractivity contribution in [1.29, 1.82) is 0 Å². The molecule has 1 heterocycles. The average molecular weight is 401 g/mol. The number of hydrogen-bond acceptors (Lipinski definition) is 3. The van der Waals surface area contributed by atoms with E-state index in [4.69, 9.17) is 0 Å². The molecule has 0 atom stereocenters. The number of rotatable bonds is 5. The summed E-state index contributed by atoms with van der Waals surface area (Å²) in [6.45, 7) is 0.599. The van der Waals surface area contributed by atoms with Gasteiger partial charge < -0.3 is 4.90 Å². The van der Waals surface area contributed by atoms with Crippen LogP contribution in [0, 0.1) is 0 Å². The molecule has 0 aliphatic rings. The van der Waals surface area contributed by atoms with Crippen LogP contribution in [0.5, 0.6) is 0 Å². The van der Waals surface area contributed by atoms with E-state index in [-0.39, 0.29) is 5.91 Å². The molecule has 0 bridgehead atoms. The molecule has 1 aromatic heterocycles. The zero-order valence-electron chi connectivity index (χ0n) is 13.3. The zero-order valence-corrected chi connectivity index (χ0v) is 15.7. The molecule has 0 saturated carbocycles. The number of carbonyl (C=O) groups excluding carboxylic acids is 1. The van der Waals surface area contributed by atoms with Crippen molar-refractivity contribution < 1.29 is 4.79 Å². The van der Waals surface area contributed by atoms with Gasteiger partial charge in [-0.1, -0.05) is 58.4 Å². The van der Waals surface area contributed by atoms with Gasteiger partial charge in [0.15, 0.2) is 0 Å². The lowest BCUT2D eigenvalue weighted by molar-refractivity contribution is -0.129. The summed E-state index contributed by atoms with van der Waals surface area (Å²) in [5.74, 6) is 0.0721. The number of benzene rings is 2. The third kappa shape index (κ3) is 4.30. The fraction of sp³-hybridized carbons (Fsp3) is 0.158. The molecule has 2 aromatic carbocycles. The summed E-state index contributed by atoms with van der Waals surface area (Å²) < 4.78 is 1.04. The summed E-state index contributed by atoms with van der Waals surface area (Å²) in [4.78, 5) is 18.7. The molecule has 3 nitrogen and oxygen atoms in total. The average Bonchev–Trinajstić information content (AvgIpc) is 3.06. The largest absolute Gasteiger partial charge is 0.341 e. The highest BCUT2D eigenvalue weighted by molar-refractivity contribution is 9.10. The Morgan fingerprint density at radius 1 is 1.12 bits per heavy atom. The number of halogens is 1. The Labute approximate surface area is 154 Å². The maximum absolute atomic E-state index is 12.4. The van der Waals surface area contributed by atoms with Crippen LogP contribution in [-0.4, -0.2) is 22.8 Å². The zero-order chi connectivity index (χ0) is 16.9. The number of hydrogen-bond donors (Lipinski definition) is 0. The molecule has 3 aromatic rings. The minimum absolute atomic E-state index is 0.0721. The SMILES string of the molecule is CN(Cc1ccc(Br)cc1)C(=O)Cc1csc(-c2ccccc2)n1. The lowest BCUT2D eigenvalue weighted by Gasteiger charge is -2.16. The summed E-state index contributed by atoms with van der Waals surface area (Å²) in [5.41, 5.74) is 3.02. The van der Waals surface area contributed by atoms with Gasteiger partial charge in [-0.2, -0.15) is 0 Å². The van der Waals surface area contributed by atoms with Crippen LogP contribution >= 0.6 is 27.3 Å². The third-order valence-corrected chi connectivity index (χ3v) is 5.13. The van der Waals surface area contributed by atoms with E-state index in [2.05, 4.69) is 20.9 Å². The van der Waals surface area contributed by atoms with Gasteiger partial charge in [0.05, 0.1) is 12.1 Å². The van der Waals surface area contributed by atoms with Crippen molar-refractivity contribution in [3.05, 3.63) is 75.7 Å². The van der Waals surface area contributed by atoms with Gasteiger partial charge in [-0.3, -0.25) is 4.79 Å². The maximum atomic E-state index is 12.4. The Bertz CT molecular complexity index is 815. The van der Waals surface area contributed by atoms with E-state index >= 15 is 0 Å². The number of carbonyl (C=O) groups is 1. The molecule has 0 aliphatic heterocycles. The van der Waals surface area contributed by atoms with Crippen molar-refractivity contribution in [2.75, 3.05) is 7.05 Å². The molecule has 5 heteroatoms. The molecule has 0 N–H and O–H groups in total. The lowest BCUT2D eigenvalue weighted by Crippen LogP contribution is -2.27. The molecule has 122 valence electrons. The molecule has 0 radical (unpaired) electrons. The van der Waals surface area contributed by atoms with Crippen molar-refractivity contribution in [2.24, 2.45) is 0 Å². The van der Waals surface area contributed by atoms with Gasteiger partial charge in [-0.15, -0.1) is 11.3 Å².